The van der Waals surface area contributed by atoms with Crippen LogP contribution in [0.25, 0.3) is 21.7 Å². The van der Waals surface area contributed by atoms with Gasteiger partial charge in [0.25, 0.3) is 0 Å². The topological polar surface area (TPSA) is 102 Å². The summed E-state index contributed by atoms with van der Waals surface area (Å²) in [6.45, 7) is 3.60. The van der Waals surface area contributed by atoms with E-state index >= 15 is 4.39 Å². The number of aromatic nitrogens is 2. The number of nitrogens with zero attached hydrogens (tertiary/aromatic N) is 4. The third-order valence-electron chi connectivity index (χ3n) is 8.13. The first kappa shape index (κ1) is 32.1. The molecule has 2 aliphatic rings. The first-order valence-corrected chi connectivity index (χ1v) is 17.1. The number of carbonyl (C=O) groups is 1. The van der Waals surface area contributed by atoms with Gasteiger partial charge in [-0.15, -0.1) is 11.3 Å². The average molecular weight is 673 g/mol. The van der Waals surface area contributed by atoms with Crippen molar-refractivity contribution in [2.24, 2.45) is 0 Å². The first-order valence-electron chi connectivity index (χ1n) is 14.6. The molecule has 6 rings (SSSR count). The summed E-state index contributed by atoms with van der Waals surface area (Å²) in [5, 5.41) is 0.781. The van der Waals surface area contributed by atoms with Crippen LogP contribution in [-0.2, 0) is 25.1 Å². The molecule has 14 heteroatoms. The van der Waals surface area contributed by atoms with Gasteiger partial charge in [0.1, 0.15) is 34.9 Å². The molecule has 0 radical (unpaired) electrons. The summed E-state index contributed by atoms with van der Waals surface area (Å²) in [5.41, 5.74) is 0.811. The fourth-order valence-electron chi connectivity index (χ4n) is 5.71. The third kappa shape index (κ3) is 6.26. The van der Waals surface area contributed by atoms with Crippen molar-refractivity contribution >= 4 is 33.0 Å². The Kier molecular flexibility index (Phi) is 9.15. The molecule has 0 saturated carbocycles. The van der Waals surface area contributed by atoms with Gasteiger partial charge in [0.2, 0.25) is 0 Å². The van der Waals surface area contributed by atoms with Crippen LogP contribution in [0, 0.1) is 17.5 Å². The molecule has 2 fully saturated rings. The van der Waals surface area contributed by atoms with Crippen molar-refractivity contribution in [1.82, 2.24) is 14.9 Å². The van der Waals surface area contributed by atoms with Crippen molar-refractivity contribution in [3.8, 4) is 21.7 Å². The molecule has 4 heterocycles. The van der Waals surface area contributed by atoms with Gasteiger partial charge in [-0.25, -0.2) is 36.4 Å². The molecule has 0 spiro atoms. The molecule has 2 amide bonds. The number of methoxy groups -OCH3 is 1. The minimum absolute atomic E-state index is 0.0625. The zero-order chi connectivity index (χ0) is 32.6. The summed E-state index contributed by atoms with van der Waals surface area (Å²) in [6, 6.07) is 9.61. The average Bonchev–Trinajstić information content (AvgIpc) is 3.61. The molecule has 9 nitrogen and oxygen atoms in total. The number of rotatable bonds is 9. The quantitative estimate of drug-likeness (QED) is 0.203. The number of sulfone groups is 1. The third-order valence-corrected chi connectivity index (χ3v) is 11.1. The first-order chi connectivity index (χ1) is 22.1. The molecule has 2 aliphatic heterocycles. The van der Waals surface area contributed by atoms with Crippen LogP contribution in [0.15, 0.2) is 59.6 Å². The monoisotopic (exact) mass is 672 g/mol. The van der Waals surface area contributed by atoms with E-state index in [1.54, 1.807) is 28.1 Å². The maximum Gasteiger partial charge on any atom is 0.327 e. The normalized spacial score (nSPS) is 17.7. The highest BCUT2D eigenvalue weighted by molar-refractivity contribution is 7.90. The Labute approximate surface area is 268 Å². The Hall–Kier alpha value is -3.85. The number of hydrogen-bond acceptors (Lipinski definition) is 8. The molecule has 0 N–H and O–H groups in total. The van der Waals surface area contributed by atoms with Crippen molar-refractivity contribution in [1.29, 1.82) is 0 Å². The predicted octanol–water partition coefficient (Wildman–Crippen LogP) is 6.39. The van der Waals surface area contributed by atoms with Crippen molar-refractivity contribution in [2.75, 3.05) is 38.5 Å². The lowest BCUT2D eigenvalue weighted by atomic mass is 10.0. The van der Waals surface area contributed by atoms with Crippen LogP contribution in [0.5, 0.6) is 0 Å². The zero-order valence-electron chi connectivity index (χ0n) is 25.1. The molecule has 0 unspecified atom stereocenters. The van der Waals surface area contributed by atoms with E-state index in [4.69, 9.17) is 14.5 Å². The number of thiazole rings is 1. The Balaban J connectivity index is 1.41. The highest BCUT2D eigenvalue weighted by Gasteiger charge is 2.36. The minimum atomic E-state index is -4.44. The number of carbonyl (C=O) groups excluding carboxylic acids is 1. The SMILES string of the molecule is COCN1C(=O)N(c2cc(-c3sc(C4CCOCC4)nc3-c3cccc(CS(=O)(=O)c4cc(F)ccc4F)c3F)ccn2)C[C@@H]1C. The molecule has 1 atom stereocenters. The lowest BCUT2D eigenvalue weighted by Gasteiger charge is -2.19. The lowest BCUT2D eigenvalue weighted by molar-refractivity contribution is 0.0800. The molecule has 46 heavy (non-hydrogen) atoms. The summed E-state index contributed by atoms with van der Waals surface area (Å²) in [5.74, 6) is -3.26. The van der Waals surface area contributed by atoms with E-state index in [0.717, 1.165) is 30.0 Å². The summed E-state index contributed by atoms with van der Waals surface area (Å²) in [4.78, 5) is 25.4. The molecule has 0 aliphatic carbocycles. The molecule has 0 bridgehead atoms. The van der Waals surface area contributed by atoms with Crippen molar-refractivity contribution in [3.63, 3.8) is 0 Å². The predicted molar refractivity (Wildman–Crippen MR) is 167 cm³/mol. The maximum absolute atomic E-state index is 16.3. The van der Waals surface area contributed by atoms with Gasteiger partial charge in [-0.1, -0.05) is 12.1 Å². The van der Waals surface area contributed by atoms with E-state index in [1.165, 1.54) is 36.6 Å². The van der Waals surface area contributed by atoms with Crippen LogP contribution in [-0.4, -0.2) is 69.0 Å². The Morgan fingerprint density at radius 1 is 1.09 bits per heavy atom. The number of urea groups is 1. The summed E-state index contributed by atoms with van der Waals surface area (Å²) >= 11 is 1.40. The summed E-state index contributed by atoms with van der Waals surface area (Å²) in [6.07, 6.45) is 3.05. The van der Waals surface area contributed by atoms with Gasteiger partial charge in [-0.2, -0.15) is 0 Å². The van der Waals surface area contributed by atoms with Crippen molar-refractivity contribution in [3.05, 3.63) is 82.8 Å². The second kappa shape index (κ2) is 13.1. The van der Waals surface area contributed by atoms with Crippen molar-refractivity contribution in [2.45, 2.75) is 42.4 Å². The number of amides is 2. The van der Waals surface area contributed by atoms with Gasteiger partial charge < -0.3 is 9.47 Å². The van der Waals surface area contributed by atoms with E-state index in [9.17, 15) is 22.0 Å². The lowest BCUT2D eigenvalue weighted by Crippen LogP contribution is -2.35. The second-order valence-corrected chi connectivity index (χ2v) is 14.3. The Morgan fingerprint density at radius 3 is 2.63 bits per heavy atom. The number of halogens is 3. The number of anilines is 1. The van der Waals surface area contributed by atoms with E-state index < -0.39 is 37.9 Å². The molecule has 242 valence electrons. The largest absolute Gasteiger partial charge is 0.381 e. The van der Waals surface area contributed by atoms with E-state index in [-0.39, 0.29) is 35.8 Å². The number of pyridine rings is 1. The smallest absolute Gasteiger partial charge is 0.327 e. The number of ether oxygens (including phenoxy) is 2. The van der Waals surface area contributed by atoms with Crippen LogP contribution >= 0.6 is 11.3 Å². The molecular weight excluding hydrogens is 642 g/mol. The standard InChI is InChI=1S/C32H31F3N4O5S2/c1-19-16-38(32(40)39(19)18-43-2)27-14-21(8-11-36-27)30-29(37-31(45-30)20-9-12-44-13-10-20)24-5-3-4-22(28(24)35)17-46(41,42)26-15-23(33)6-7-25(26)34/h3-8,11,14-15,19-20H,9-10,12-13,16-18H2,1-2H3/t19-/m0/s1. The summed E-state index contributed by atoms with van der Waals surface area (Å²) < 4.78 is 81.4. The van der Waals surface area contributed by atoms with Gasteiger partial charge in [-0.3, -0.25) is 9.80 Å². The van der Waals surface area contributed by atoms with Crippen LogP contribution in [0.4, 0.5) is 23.8 Å². The maximum atomic E-state index is 16.3. The number of benzene rings is 2. The molecular formula is C32H31F3N4O5S2. The van der Waals surface area contributed by atoms with Crippen LogP contribution < -0.4 is 4.90 Å². The van der Waals surface area contributed by atoms with Gasteiger partial charge in [0.15, 0.2) is 9.84 Å². The molecule has 2 saturated heterocycles. The fraction of sp³-hybridized carbons (Fsp3) is 0.344. The van der Waals surface area contributed by atoms with Gasteiger partial charge in [0.05, 0.1) is 27.4 Å². The number of hydrogen-bond donors (Lipinski definition) is 0. The summed E-state index contributed by atoms with van der Waals surface area (Å²) in [7, 11) is -2.92. The van der Waals surface area contributed by atoms with E-state index in [2.05, 4.69) is 4.98 Å². The molecule has 4 aromatic rings. The Bertz CT molecular complexity index is 1880. The molecule has 2 aromatic carbocycles. The molecule has 2 aromatic heterocycles. The van der Waals surface area contributed by atoms with Gasteiger partial charge in [0, 0.05) is 50.1 Å². The fourth-order valence-corrected chi connectivity index (χ4v) is 8.40. The van der Waals surface area contributed by atoms with E-state index in [0.29, 0.717) is 47.8 Å². The highest BCUT2D eigenvalue weighted by atomic mass is 32.2. The van der Waals surface area contributed by atoms with Crippen LogP contribution in [0.2, 0.25) is 0 Å². The minimum Gasteiger partial charge on any atom is -0.381 e. The highest BCUT2D eigenvalue weighted by Crippen LogP contribution is 2.43. The van der Waals surface area contributed by atoms with Crippen LogP contribution in [0.1, 0.15) is 36.3 Å². The van der Waals surface area contributed by atoms with Gasteiger partial charge >= 0.3 is 6.03 Å². The van der Waals surface area contributed by atoms with E-state index in [1.807, 2.05) is 6.92 Å². The van der Waals surface area contributed by atoms with Crippen molar-refractivity contribution < 1.29 is 35.9 Å². The zero-order valence-corrected chi connectivity index (χ0v) is 26.7. The van der Waals surface area contributed by atoms with Gasteiger partial charge in [-0.05, 0) is 61.7 Å². The Morgan fingerprint density at radius 2 is 1.87 bits per heavy atom. The second-order valence-electron chi connectivity index (χ2n) is 11.3. The van der Waals surface area contributed by atoms with Crippen LogP contribution in [0.3, 0.4) is 0 Å².